The van der Waals surface area contributed by atoms with Gasteiger partial charge in [0.25, 0.3) is 0 Å². The molecule has 3 heteroatoms. The molecule has 0 aromatic heterocycles. The van der Waals surface area contributed by atoms with Gasteiger partial charge in [0.15, 0.2) is 0 Å². The van der Waals surface area contributed by atoms with Gasteiger partial charge in [-0.05, 0) is 13.8 Å². The van der Waals surface area contributed by atoms with E-state index in [0.29, 0.717) is 12.2 Å². The van der Waals surface area contributed by atoms with Crippen molar-refractivity contribution in [1.29, 1.82) is 0 Å². The summed E-state index contributed by atoms with van der Waals surface area (Å²) in [7, 11) is 0. The third kappa shape index (κ3) is 12.6. The Balaban J connectivity index is 0. The molecule has 0 aliphatic carbocycles. The molecular formula is C8H15ClO2. The van der Waals surface area contributed by atoms with Crippen molar-refractivity contribution in [1.82, 2.24) is 0 Å². The number of rotatable bonds is 2. The van der Waals surface area contributed by atoms with Gasteiger partial charge in [0, 0.05) is 11.5 Å². The predicted molar refractivity (Wildman–Crippen MR) is 47.8 cm³/mol. The number of ether oxygens (including phenoxy) is 1. The van der Waals surface area contributed by atoms with Crippen molar-refractivity contribution in [3.05, 3.63) is 12.2 Å². The number of halogens is 1. The zero-order chi connectivity index (χ0) is 9.28. The molecule has 0 saturated carbocycles. The Bertz CT molecular complexity index is 121. The second-order valence-corrected chi connectivity index (χ2v) is 2.30. The summed E-state index contributed by atoms with van der Waals surface area (Å²) in [6.45, 7) is 9.10. The van der Waals surface area contributed by atoms with Crippen LogP contribution < -0.4 is 0 Å². The summed E-state index contributed by atoms with van der Waals surface area (Å²) >= 11 is 5.00. The molecular weight excluding hydrogens is 164 g/mol. The molecule has 0 spiro atoms. The topological polar surface area (TPSA) is 26.3 Å². The van der Waals surface area contributed by atoms with Crippen LogP contribution in [-0.2, 0) is 9.53 Å². The summed E-state index contributed by atoms with van der Waals surface area (Å²) in [6.07, 6.45) is 0. The van der Waals surface area contributed by atoms with Gasteiger partial charge >= 0.3 is 5.97 Å². The number of hydrogen-bond acceptors (Lipinski definition) is 2. The van der Waals surface area contributed by atoms with Crippen LogP contribution in [0.25, 0.3) is 0 Å². The van der Waals surface area contributed by atoms with Crippen LogP contribution in [0.1, 0.15) is 20.8 Å². The fourth-order valence-corrected chi connectivity index (χ4v) is 0.254. The quantitative estimate of drug-likeness (QED) is 0.369. The molecule has 2 nitrogen and oxygen atoms in total. The van der Waals surface area contributed by atoms with E-state index in [1.54, 1.807) is 13.8 Å². The van der Waals surface area contributed by atoms with Crippen molar-refractivity contribution in [2.75, 3.05) is 12.5 Å². The maximum absolute atomic E-state index is 10.4. The number of carbonyl (C=O) groups excluding carboxylic acids is 1. The van der Waals surface area contributed by atoms with Crippen LogP contribution in [0.2, 0.25) is 0 Å². The van der Waals surface area contributed by atoms with Gasteiger partial charge in [-0.15, -0.1) is 11.6 Å². The van der Waals surface area contributed by atoms with E-state index in [0.717, 1.165) is 5.88 Å². The summed E-state index contributed by atoms with van der Waals surface area (Å²) in [4.78, 5) is 10.4. The number of hydrogen-bond donors (Lipinski definition) is 0. The van der Waals surface area contributed by atoms with E-state index < -0.39 is 0 Å². The third-order valence-electron chi connectivity index (χ3n) is 0.624. The van der Waals surface area contributed by atoms with Crippen LogP contribution in [-0.4, -0.2) is 18.5 Å². The van der Waals surface area contributed by atoms with E-state index in [2.05, 4.69) is 11.3 Å². The first-order valence-corrected chi connectivity index (χ1v) is 4.02. The average molecular weight is 179 g/mol. The molecule has 0 heterocycles. The Hall–Kier alpha value is -0.500. The molecule has 0 aliphatic rings. The largest absolute Gasteiger partial charge is 0.463 e. The standard InChI is InChI=1S/C6H10O2.C2H5Cl/c1-4-8-6(7)5(2)3;1-2-3/h2,4H2,1,3H3;2H2,1H3. The molecule has 0 N–H and O–H groups in total. The minimum absolute atomic E-state index is 0.312. The second-order valence-electron chi connectivity index (χ2n) is 1.77. The number of esters is 1. The Morgan fingerprint density at radius 2 is 1.91 bits per heavy atom. The SMILES string of the molecule is C=C(C)C(=O)OCC.CCCl. The molecule has 0 unspecified atom stereocenters. The van der Waals surface area contributed by atoms with E-state index in [1.807, 2.05) is 6.92 Å². The van der Waals surface area contributed by atoms with Gasteiger partial charge < -0.3 is 4.74 Å². The Kier molecular flexibility index (Phi) is 11.3. The molecule has 0 atom stereocenters. The molecule has 0 bridgehead atoms. The monoisotopic (exact) mass is 178 g/mol. The van der Waals surface area contributed by atoms with Gasteiger partial charge in [-0.1, -0.05) is 13.5 Å². The Morgan fingerprint density at radius 3 is 2.00 bits per heavy atom. The lowest BCUT2D eigenvalue weighted by molar-refractivity contribution is -0.138. The number of alkyl halides is 1. The fourth-order valence-electron chi connectivity index (χ4n) is 0.254. The molecule has 66 valence electrons. The third-order valence-corrected chi connectivity index (χ3v) is 0.624. The molecule has 0 fully saturated rings. The highest BCUT2D eigenvalue weighted by Gasteiger charge is 1.98. The average Bonchev–Trinajstić information content (AvgIpc) is 1.90. The van der Waals surface area contributed by atoms with Crippen LogP contribution in [0.5, 0.6) is 0 Å². The first kappa shape index (κ1) is 13.1. The van der Waals surface area contributed by atoms with Gasteiger partial charge in [0.05, 0.1) is 6.61 Å². The molecule has 0 radical (unpaired) electrons. The van der Waals surface area contributed by atoms with Crippen molar-refractivity contribution in [2.45, 2.75) is 20.8 Å². The lowest BCUT2D eigenvalue weighted by Crippen LogP contribution is -2.03. The highest BCUT2D eigenvalue weighted by atomic mass is 35.5. The van der Waals surface area contributed by atoms with Gasteiger partial charge in [0.1, 0.15) is 0 Å². The summed E-state index contributed by atoms with van der Waals surface area (Å²) < 4.78 is 4.56. The highest BCUT2D eigenvalue weighted by molar-refractivity contribution is 6.17. The van der Waals surface area contributed by atoms with E-state index in [9.17, 15) is 4.79 Å². The van der Waals surface area contributed by atoms with Crippen LogP contribution in [0, 0.1) is 0 Å². The van der Waals surface area contributed by atoms with E-state index in [-0.39, 0.29) is 5.97 Å². The minimum atomic E-state index is -0.312. The maximum Gasteiger partial charge on any atom is 0.333 e. The summed E-state index contributed by atoms with van der Waals surface area (Å²) in [5, 5.41) is 0. The first-order valence-electron chi connectivity index (χ1n) is 3.48. The molecule has 0 saturated heterocycles. The van der Waals surface area contributed by atoms with E-state index in [4.69, 9.17) is 11.6 Å². The fraction of sp³-hybridized carbons (Fsp3) is 0.625. The van der Waals surface area contributed by atoms with Crippen molar-refractivity contribution < 1.29 is 9.53 Å². The molecule has 0 aromatic carbocycles. The van der Waals surface area contributed by atoms with Gasteiger partial charge in [-0.25, -0.2) is 4.79 Å². The zero-order valence-corrected chi connectivity index (χ0v) is 8.07. The summed E-state index contributed by atoms with van der Waals surface area (Å²) in [6, 6.07) is 0. The van der Waals surface area contributed by atoms with Crippen molar-refractivity contribution in [3.63, 3.8) is 0 Å². The predicted octanol–water partition coefficient (Wildman–Crippen LogP) is 2.37. The first-order chi connectivity index (χ1) is 5.09. The van der Waals surface area contributed by atoms with Crippen LogP contribution in [0.3, 0.4) is 0 Å². The van der Waals surface area contributed by atoms with Gasteiger partial charge in [-0.3, -0.25) is 0 Å². The minimum Gasteiger partial charge on any atom is -0.463 e. The van der Waals surface area contributed by atoms with Crippen molar-refractivity contribution in [2.24, 2.45) is 0 Å². The lowest BCUT2D eigenvalue weighted by Gasteiger charge is -1.96. The van der Waals surface area contributed by atoms with Gasteiger partial charge in [0.2, 0.25) is 0 Å². The lowest BCUT2D eigenvalue weighted by atomic mass is 10.4. The molecule has 0 amide bonds. The zero-order valence-electron chi connectivity index (χ0n) is 7.32. The molecule has 0 rings (SSSR count). The second kappa shape index (κ2) is 9.50. The van der Waals surface area contributed by atoms with Crippen molar-refractivity contribution in [3.8, 4) is 0 Å². The van der Waals surface area contributed by atoms with Crippen LogP contribution in [0.15, 0.2) is 12.2 Å². The summed E-state index contributed by atoms with van der Waals surface area (Å²) in [5.41, 5.74) is 0.451. The molecule has 11 heavy (non-hydrogen) atoms. The highest BCUT2D eigenvalue weighted by Crippen LogP contribution is 1.89. The van der Waals surface area contributed by atoms with Gasteiger partial charge in [-0.2, -0.15) is 0 Å². The van der Waals surface area contributed by atoms with E-state index in [1.165, 1.54) is 0 Å². The van der Waals surface area contributed by atoms with Crippen LogP contribution >= 0.6 is 11.6 Å². The maximum atomic E-state index is 10.4. The Labute approximate surface area is 73.2 Å². The smallest absolute Gasteiger partial charge is 0.333 e. The number of carbonyl (C=O) groups is 1. The van der Waals surface area contributed by atoms with Crippen molar-refractivity contribution >= 4 is 17.6 Å². The molecule has 0 aromatic rings. The Morgan fingerprint density at radius 1 is 1.55 bits per heavy atom. The summed E-state index contributed by atoms with van der Waals surface area (Å²) in [5.74, 6) is 0.410. The molecule has 0 aliphatic heterocycles. The van der Waals surface area contributed by atoms with E-state index >= 15 is 0 Å². The normalized spacial score (nSPS) is 7.64. The van der Waals surface area contributed by atoms with Crippen LogP contribution in [0.4, 0.5) is 0 Å².